The van der Waals surface area contributed by atoms with Gasteiger partial charge in [0, 0.05) is 5.56 Å². The summed E-state index contributed by atoms with van der Waals surface area (Å²) in [6, 6.07) is 7.58. The zero-order chi connectivity index (χ0) is 8.81. The molecule has 1 aromatic rings. The molecule has 0 heterocycles. The third-order valence-electron chi connectivity index (χ3n) is 1.49. The van der Waals surface area contributed by atoms with Crippen LogP contribution in [0.4, 0.5) is 0 Å². The van der Waals surface area contributed by atoms with E-state index in [0.29, 0.717) is 0 Å². The van der Waals surface area contributed by atoms with Gasteiger partial charge in [-0.15, -0.1) is 6.42 Å². The normalized spacial score (nSPS) is 10.0. The van der Waals surface area contributed by atoms with Gasteiger partial charge in [-0.05, 0) is 17.7 Å². The van der Waals surface area contributed by atoms with E-state index in [1.165, 1.54) is 0 Å². The Hall–Kier alpha value is -1.52. The zero-order valence-electron chi connectivity index (χ0n) is 6.70. The van der Waals surface area contributed by atoms with Crippen LogP contribution in [0.2, 0.25) is 0 Å². The minimum atomic E-state index is 0.0664. The zero-order valence-corrected chi connectivity index (χ0v) is 6.70. The smallest absolute Gasteiger partial charge is 0.0615 e. The number of terminal acetylenes is 1. The third kappa shape index (κ3) is 2.26. The first-order valence-electron chi connectivity index (χ1n) is 3.71. The van der Waals surface area contributed by atoms with E-state index in [1.54, 1.807) is 6.08 Å². The Bertz CT molecular complexity index is 301. The second kappa shape index (κ2) is 4.38. The minimum Gasteiger partial charge on any atom is -0.392 e. The molecule has 1 nitrogen and oxygen atoms in total. The van der Waals surface area contributed by atoms with Gasteiger partial charge in [0.05, 0.1) is 6.61 Å². The summed E-state index contributed by atoms with van der Waals surface area (Å²) in [5.74, 6) is 2.54. The Morgan fingerprint density at radius 2 is 2.00 bits per heavy atom. The van der Waals surface area contributed by atoms with Crippen LogP contribution in [0.1, 0.15) is 11.1 Å². The fraction of sp³-hybridized carbons (Fsp3) is 0.0909. The van der Waals surface area contributed by atoms with Crippen molar-refractivity contribution in [1.29, 1.82) is 0 Å². The van der Waals surface area contributed by atoms with Gasteiger partial charge in [-0.2, -0.15) is 0 Å². The first-order valence-corrected chi connectivity index (χ1v) is 3.71. The molecular formula is C11H10O. The Kier molecular flexibility index (Phi) is 3.13. The molecule has 1 N–H and O–H groups in total. The van der Waals surface area contributed by atoms with E-state index >= 15 is 0 Å². The lowest BCUT2D eigenvalue weighted by Gasteiger charge is -1.92. The molecule has 0 saturated carbocycles. The Labute approximate surface area is 72.4 Å². The molecule has 0 aliphatic rings. The van der Waals surface area contributed by atoms with Gasteiger partial charge in [0.1, 0.15) is 0 Å². The average molecular weight is 158 g/mol. The second-order valence-electron chi connectivity index (χ2n) is 2.35. The van der Waals surface area contributed by atoms with Crippen LogP contribution in [0.3, 0.4) is 0 Å². The average Bonchev–Trinajstić information content (AvgIpc) is 2.15. The van der Waals surface area contributed by atoms with Crippen LogP contribution in [-0.2, 0) is 0 Å². The molecule has 0 fully saturated rings. The maximum absolute atomic E-state index is 8.51. The number of aliphatic hydroxyl groups excluding tert-OH is 1. The van der Waals surface area contributed by atoms with E-state index in [2.05, 4.69) is 5.92 Å². The number of hydrogen-bond donors (Lipinski definition) is 1. The van der Waals surface area contributed by atoms with Crippen LogP contribution < -0.4 is 0 Å². The van der Waals surface area contributed by atoms with E-state index in [1.807, 2.05) is 30.3 Å². The second-order valence-corrected chi connectivity index (χ2v) is 2.35. The molecule has 0 atom stereocenters. The van der Waals surface area contributed by atoms with Crippen LogP contribution in [0, 0.1) is 12.3 Å². The van der Waals surface area contributed by atoms with Crippen molar-refractivity contribution in [2.45, 2.75) is 0 Å². The van der Waals surface area contributed by atoms with Gasteiger partial charge >= 0.3 is 0 Å². The fourth-order valence-electron chi connectivity index (χ4n) is 0.879. The van der Waals surface area contributed by atoms with Gasteiger partial charge in [-0.3, -0.25) is 0 Å². The molecule has 0 radical (unpaired) electrons. The summed E-state index contributed by atoms with van der Waals surface area (Å²) in [5, 5.41) is 8.51. The highest BCUT2D eigenvalue weighted by atomic mass is 16.2. The molecule has 12 heavy (non-hydrogen) atoms. The molecule has 0 aliphatic heterocycles. The summed E-state index contributed by atoms with van der Waals surface area (Å²) in [5.41, 5.74) is 1.92. The van der Waals surface area contributed by atoms with Crippen molar-refractivity contribution in [3.63, 3.8) is 0 Å². The predicted molar refractivity (Wildman–Crippen MR) is 50.5 cm³/mol. The van der Waals surface area contributed by atoms with Crippen LogP contribution in [0.5, 0.6) is 0 Å². The lowest BCUT2D eigenvalue weighted by Crippen LogP contribution is -1.76. The molecule has 0 bridgehead atoms. The largest absolute Gasteiger partial charge is 0.392 e. The highest BCUT2D eigenvalue weighted by Gasteiger charge is 1.86. The van der Waals surface area contributed by atoms with E-state index in [9.17, 15) is 0 Å². The summed E-state index contributed by atoms with van der Waals surface area (Å²) in [6.45, 7) is 0.0664. The van der Waals surface area contributed by atoms with Gasteiger partial charge in [-0.1, -0.05) is 30.2 Å². The van der Waals surface area contributed by atoms with E-state index in [0.717, 1.165) is 11.1 Å². The lowest BCUT2D eigenvalue weighted by molar-refractivity contribution is 0.343. The topological polar surface area (TPSA) is 20.2 Å². The van der Waals surface area contributed by atoms with Crippen LogP contribution in [0.25, 0.3) is 6.08 Å². The highest BCUT2D eigenvalue weighted by Crippen LogP contribution is 2.04. The molecule has 60 valence electrons. The molecule has 1 aromatic carbocycles. The maximum atomic E-state index is 8.51. The van der Waals surface area contributed by atoms with Gasteiger partial charge in [0.15, 0.2) is 0 Å². The van der Waals surface area contributed by atoms with Crippen molar-refractivity contribution < 1.29 is 5.11 Å². The Balaban J connectivity index is 2.80. The van der Waals surface area contributed by atoms with Crippen molar-refractivity contribution in [1.82, 2.24) is 0 Å². The predicted octanol–water partition coefficient (Wildman–Crippen LogP) is 1.67. The standard InChI is InChI=1S/C11H10O/c1-2-10-5-7-11(8-6-10)4-3-9-12/h1,3-8,12H,9H2. The van der Waals surface area contributed by atoms with Gasteiger partial charge in [0.25, 0.3) is 0 Å². The summed E-state index contributed by atoms with van der Waals surface area (Å²) in [7, 11) is 0. The molecule has 0 aromatic heterocycles. The maximum Gasteiger partial charge on any atom is 0.0615 e. The molecule has 0 saturated heterocycles. The molecule has 0 spiro atoms. The fourth-order valence-corrected chi connectivity index (χ4v) is 0.879. The molecular weight excluding hydrogens is 148 g/mol. The molecule has 0 aliphatic carbocycles. The van der Waals surface area contributed by atoms with Crippen molar-refractivity contribution >= 4 is 6.08 Å². The van der Waals surface area contributed by atoms with Crippen LogP contribution in [-0.4, -0.2) is 11.7 Å². The van der Waals surface area contributed by atoms with Crippen molar-refractivity contribution in [3.8, 4) is 12.3 Å². The first kappa shape index (κ1) is 8.58. The number of rotatable bonds is 2. The third-order valence-corrected chi connectivity index (χ3v) is 1.49. The van der Waals surface area contributed by atoms with E-state index in [-0.39, 0.29) is 6.61 Å². The molecule has 1 heteroatoms. The van der Waals surface area contributed by atoms with Gasteiger partial charge < -0.3 is 5.11 Å². The highest BCUT2D eigenvalue weighted by molar-refractivity contribution is 5.51. The van der Waals surface area contributed by atoms with Crippen molar-refractivity contribution in [2.24, 2.45) is 0 Å². The van der Waals surface area contributed by atoms with E-state index in [4.69, 9.17) is 11.5 Å². The quantitative estimate of drug-likeness (QED) is 0.649. The monoisotopic (exact) mass is 158 g/mol. The van der Waals surface area contributed by atoms with Crippen LogP contribution >= 0.6 is 0 Å². The van der Waals surface area contributed by atoms with Crippen molar-refractivity contribution in [3.05, 3.63) is 41.5 Å². The Morgan fingerprint density at radius 3 is 2.50 bits per heavy atom. The summed E-state index contributed by atoms with van der Waals surface area (Å²) in [6.07, 6.45) is 8.72. The molecule has 0 amide bonds. The molecule has 1 rings (SSSR count). The summed E-state index contributed by atoms with van der Waals surface area (Å²) in [4.78, 5) is 0. The Morgan fingerprint density at radius 1 is 1.33 bits per heavy atom. The summed E-state index contributed by atoms with van der Waals surface area (Å²) < 4.78 is 0. The first-order chi connectivity index (χ1) is 5.86. The van der Waals surface area contributed by atoms with Gasteiger partial charge in [-0.25, -0.2) is 0 Å². The minimum absolute atomic E-state index is 0.0664. The van der Waals surface area contributed by atoms with Crippen molar-refractivity contribution in [2.75, 3.05) is 6.61 Å². The molecule has 0 unspecified atom stereocenters. The SMILES string of the molecule is C#Cc1ccc(C=CCO)cc1. The van der Waals surface area contributed by atoms with E-state index < -0.39 is 0 Å². The number of hydrogen-bond acceptors (Lipinski definition) is 1. The number of aliphatic hydroxyl groups is 1. The summed E-state index contributed by atoms with van der Waals surface area (Å²) >= 11 is 0. The lowest BCUT2D eigenvalue weighted by atomic mass is 10.1. The van der Waals surface area contributed by atoms with Gasteiger partial charge in [0.2, 0.25) is 0 Å². The van der Waals surface area contributed by atoms with Crippen LogP contribution in [0.15, 0.2) is 30.3 Å². The number of benzene rings is 1.